The van der Waals surface area contributed by atoms with Gasteiger partial charge in [0.1, 0.15) is 5.75 Å². The van der Waals surface area contributed by atoms with E-state index in [9.17, 15) is 0 Å². The van der Waals surface area contributed by atoms with Gasteiger partial charge in [0.2, 0.25) is 0 Å². The molecule has 0 aliphatic rings. The average molecular weight is 192 g/mol. The number of amidine groups is 1. The monoisotopic (exact) mass is 192 g/mol. The van der Waals surface area contributed by atoms with Crippen molar-refractivity contribution < 1.29 is 4.74 Å². The van der Waals surface area contributed by atoms with E-state index < -0.39 is 0 Å². The third kappa shape index (κ3) is 3.94. The van der Waals surface area contributed by atoms with Gasteiger partial charge in [0.15, 0.2) is 0 Å². The largest absolute Gasteiger partial charge is 0.494 e. The third-order valence-corrected chi connectivity index (χ3v) is 1.88. The van der Waals surface area contributed by atoms with E-state index >= 15 is 0 Å². The summed E-state index contributed by atoms with van der Waals surface area (Å²) in [5.74, 6) is 1.09. The van der Waals surface area contributed by atoms with E-state index in [1.807, 2.05) is 31.2 Å². The highest BCUT2D eigenvalue weighted by molar-refractivity contribution is 5.76. The van der Waals surface area contributed by atoms with Crippen molar-refractivity contribution in [3.63, 3.8) is 0 Å². The van der Waals surface area contributed by atoms with Crippen molar-refractivity contribution in [1.82, 2.24) is 0 Å². The molecule has 0 aliphatic heterocycles. The van der Waals surface area contributed by atoms with E-state index in [2.05, 4.69) is 0 Å². The predicted molar refractivity (Wildman–Crippen MR) is 57.8 cm³/mol. The van der Waals surface area contributed by atoms with E-state index in [4.69, 9.17) is 15.9 Å². The lowest BCUT2D eigenvalue weighted by Crippen LogP contribution is -2.10. The highest BCUT2D eigenvalue weighted by Crippen LogP contribution is 2.11. The molecule has 0 heterocycles. The summed E-state index contributed by atoms with van der Waals surface area (Å²) in [6.45, 7) is 2.65. The molecule has 76 valence electrons. The van der Waals surface area contributed by atoms with Crippen LogP contribution in [0, 0.1) is 12.3 Å². The number of rotatable bonds is 5. The molecule has 3 nitrogen and oxygen atoms in total. The number of benzene rings is 1. The Morgan fingerprint density at radius 3 is 2.57 bits per heavy atom. The van der Waals surface area contributed by atoms with Gasteiger partial charge in [-0.25, -0.2) is 0 Å². The molecule has 1 rings (SSSR count). The fraction of sp³-hybridized carbons (Fsp3) is 0.364. The van der Waals surface area contributed by atoms with Gasteiger partial charge in [-0.1, -0.05) is 17.7 Å². The van der Waals surface area contributed by atoms with Crippen molar-refractivity contribution >= 4 is 5.84 Å². The van der Waals surface area contributed by atoms with Crippen LogP contribution in [0.1, 0.15) is 18.4 Å². The van der Waals surface area contributed by atoms with Crippen LogP contribution in [-0.4, -0.2) is 12.4 Å². The number of nitrogens with two attached hydrogens (primary N) is 1. The number of hydrogen-bond acceptors (Lipinski definition) is 2. The predicted octanol–water partition coefficient (Wildman–Crippen LogP) is 2.09. The molecule has 0 saturated heterocycles. The lowest BCUT2D eigenvalue weighted by atomic mass is 10.2. The van der Waals surface area contributed by atoms with E-state index in [0.29, 0.717) is 13.0 Å². The van der Waals surface area contributed by atoms with Gasteiger partial charge in [0.25, 0.3) is 0 Å². The molecule has 0 spiro atoms. The molecule has 0 unspecified atom stereocenters. The zero-order chi connectivity index (χ0) is 10.4. The first-order chi connectivity index (χ1) is 6.68. The molecule has 0 aliphatic carbocycles. The zero-order valence-electron chi connectivity index (χ0n) is 8.42. The second-order valence-corrected chi connectivity index (χ2v) is 3.29. The summed E-state index contributed by atoms with van der Waals surface area (Å²) in [7, 11) is 0. The van der Waals surface area contributed by atoms with Crippen LogP contribution in [0.5, 0.6) is 5.75 Å². The van der Waals surface area contributed by atoms with Crippen LogP contribution >= 0.6 is 0 Å². The van der Waals surface area contributed by atoms with Gasteiger partial charge in [-0.05, 0) is 25.5 Å². The minimum absolute atomic E-state index is 0.220. The van der Waals surface area contributed by atoms with Crippen molar-refractivity contribution in [2.24, 2.45) is 5.73 Å². The summed E-state index contributed by atoms with van der Waals surface area (Å²) < 4.78 is 5.46. The Bertz CT molecular complexity index is 293. The van der Waals surface area contributed by atoms with Crippen molar-refractivity contribution in [3.05, 3.63) is 29.8 Å². The van der Waals surface area contributed by atoms with Gasteiger partial charge >= 0.3 is 0 Å². The molecule has 0 bridgehead atoms. The highest BCUT2D eigenvalue weighted by atomic mass is 16.5. The zero-order valence-corrected chi connectivity index (χ0v) is 8.42. The van der Waals surface area contributed by atoms with Crippen LogP contribution in [0.3, 0.4) is 0 Å². The smallest absolute Gasteiger partial charge is 0.119 e. The summed E-state index contributed by atoms with van der Waals surface area (Å²) >= 11 is 0. The Morgan fingerprint density at radius 1 is 1.36 bits per heavy atom. The summed E-state index contributed by atoms with van der Waals surface area (Å²) in [4.78, 5) is 0. The van der Waals surface area contributed by atoms with Gasteiger partial charge in [-0.15, -0.1) is 0 Å². The van der Waals surface area contributed by atoms with Crippen LogP contribution in [0.2, 0.25) is 0 Å². The lowest BCUT2D eigenvalue weighted by Gasteiger charge is -2.05. The Labute approximate surface area is 84.4 Å². The topological polar surface area (TPSA) is 59.1 Å². The molecule has 0 radical (unpaired) electrons. The molecular formula is C11H16N2O. The maximum atomic E-state index is 7.03. The third-order valence-electron chi connectivity index (χ3n) is 1.88. The van der Waals surface area contributed by atoms with Gasteiger partial charge in [0, 0.05) is 6.42 Å². The number of hydrogen-bond donors (Lipinski definition) is 2. The fourth-order valence-corrected chi connectivity index (χ4v) is 1.09. The van der Waals surface area contributed by atoms with Gasteiger partial charge < -0.3 is 10.5 Å². The Balaban J connectivity index is 2.25. The lowest BCUT2D eigenvalue weighted by molar-refractivity contribution is 0.313. The van der Waals surface area contributed by atoms with E-state index in [1.165, 1.54) is 5.56 Å². The normalized spacial score (nSPS) is 9.79. The Hall–Kier alpha value is -1.51. The molecule has 1 aromatic rings. The van der Waals surface area contributed by atoms with Crippen LogP contribution < -0.4 is 10.5 Å². The fourth-order valence-electron chi connectivity index (χ4n) is 1.09. The molecule has 0 amide bonds. The van der Waals surface area contributed by atoms with Crippen LogP contribution in [0.15, 0.2) is 24.3 Å². The molecule has 0 fully saturated rings. The number of ether oxygens (including phenoxy) is 1. The SMILES string of the molecule is Cc1ccc(OCCCC(=N)N)cc1. The first kappa shape index (κ1) is 10.6. The molecular weight excluding hydrogens is 176 g/mol. The number of aryl methyl sites for hydroxylation is 1. The molecule has 0 saturated carbocycles. The number of nitrogens with one attached hydrogen (secondary N) is 1. The minimum atomic E-state index is 0.220. The first-order valence-corrected chi connectivity index (χ1v) is 4.71. The molecule has 0 aromatic heterocycles. The summed E-state index contributed by atoms with van der Waals surface area (Å²) in [6, 6.07) is 7.92. The van der Waals surface area contributed by atoms with Crippen molar-refractivity contribution in [2.75, 3.05) is 6.61 Å². The maximum absolute atomic E-state index is 7.03. The summed E-state index contributed by atoms with van der Waals surface area (Å²) in [5, 5.41) is 7.03. The standard InChI is InChI=1S/C11H16N2O/c1-9-4-6-10(7-5-9)14-8-2-3-11(12)13/h4-7H,2-3,8H2,1H3,(H3,12,13). The average Bonchev–Trinajstić information content (AvgIpc) is 2.15. The molecule has 3 heteroatoms. The highest BCUT2D eigenvalue weighted by Gasteiger charge is 1.94. The van der Waals surface area contributed by atoms with Crippen LogP contribution in [0.4, 0.5) is 0 Å². The van der Waals surface area contributed by atoms with E-state index in [0.717, 1.165) is 12.2 Å². The molecule has 0 atom stereocenters. The summed E-state index contributed by atoms with van der Waals surface area (Å²) in [6.07, 6.45) is 1.40. The van der Waals surface area contributed by atoms with E-state index in [1.54, 1.807) is 0 Å². The van der Waals surface area contributed by atoms with Gasteiger partial charge in [0.05, 0.1) is 12.4 Å². The van der Waals surface area contributed by atoms with Crippen LogP contribution in [0.25, 0.3) is 0 Å². The minimum Gasteiger partial charge on any atom is -0.494 e. The van der Waals surface area contributed by atoms with Gasteiger partial charge in [-0.2, -0.15) is 0 Å². The first-order valence-electron chi connectivity index (χ1n) is 4.71. The van der Waals surface area contributed by atoms with E-state index in [-0.39, 0.29) is 5.84 Å². The van der Waals surface area contributed by atoms with Crippen molar-refractivity contribution in [1.29, 1.82) is 5.41 Å². The van der Waals surface area contributed by atoms with Crippen LogP contribution in [-0.2, 0) is 0 Å². The molecule has 3 N–H and O–H groups in total. The van der Waals surface area contributed by atoms with Crippen molar-refractivity contribution in [2.45, 2.75) is 19.8 Å². The quantitative estimate of drug-likeness (QED) is 0.426. The van der Waals surface area contributed by atoms with Gasteiger partial charge in [-0.3, -0.25) is 5.41 Å². The second kappa shape index (κ2) is 5.27. The molecule has 1 aromatic carbocycles. The maximum Gasteiger partial charge on any atom is 0.119 e. The van der Waals surface area contributed by atoms with Crippen molar-refractivity contribution in [3.8, 4) is 5.75 Å². The summed E-state index contributed by atoms with van der Waals surface area (Å²) in [5.41, 5.74) is 6.44. The molecule has 14 heavy (non-hydrogen) atoms. The Morgan fingerprint density at radius 2 is 2.00 bits per heavy atom. The Kier molecular flexibility index (Phi) is 3.98. The second-order valence-electron chi connectivity index (χ2n) is 3.29.